The molecule has 5 heteroatoms. The summed E-state index contributed by atoms with van der Waals surface area (Å²) in [5, 5.41) is 0. The first-order valence-corrected chi connectivity index (χ1v) is 6.68. The van der Waals surface area contributed by atoms with Gasteiger partial charge in [0.1, 0.15) is 11.5 Å². The number of ether oxygens (including phenoxy) is 2. The maximum Gasteiger partial charge on any atom is 0.193 e. The Bertz CT molecular complexity index is 656. The molecule has 0 unspecified atom stereocenters. The van der Waals surface area contributed by atoms with E-state index in [0.29, 0.717) is 28.3 Å². The van der Waals surface area contributed by atoms with Crippen molar-refractivity contribution in [3.63, 3.8) is 0 Å². The van der Waals surface area contributed by atoms with Gasteiger partial charge in [-0.15, -0.1) is 0 Å². The zero-order chi connectivity index (χ0) is 14.7. The third-order valence-corrected chi connectivity index (χ3v) is 3.53. The van der Waals surface area contributed by atoms with Crippen LogP contribution in [0.4, 0.5) is 5.69 Å². The Kier molecular flexibility index (Phi) is 4.29. The molecule has 0 aliphatic carbocycles. The number of halogens is 1. The molecule has 2 rings (SSSR count). The molecule has 2 aromatic rings. The number of hydrogen-bond donors (Lipinski definition) is 1. The second-order valence-corrected chi connectivity index (χ2v) is 4.99. The monoisotopic (exact) mass is 335 g/mol. The molecule has 0 radical (unpaired) electrons. The summed E-state index contributed by atoms with van der Waals surface area (Å²) in [6.07, 6.45) is 0. The zero-order valence-corrected chi connectivity index (χ0v) is 12.7. The maximum absolute atomic E-state index is 12.4. The van der Waals surface area contributed by atoms with Crippen LogP contribution in [0.25, 0.3) is 0 Å². The lowest BCUT2D eigenvalue weighted by Gasteiger charge is -2.08. The number of benzene rings is 2. The molecule has 0 spiro atoms. The molecule has 0 aromatic heterocycles. The van der Waals surface area contributed by atoms with E-state index in [1.165, 1.54) is 7.11 Å². The third kappa shape index (κ3) is 2.77. The standard InChI is InChI=1S/C15H14BrNO3/c1-19-13-6-4-9(7-11(13)16)15(18)10-3-5-12(17)14(8-10)20-2/h3-8H,17H2,1-2H3. The van der Waals surface area contributed by atoms with Crippen LogP contribution < -0.4 is 15.2 Å². The molecule has 0 amide bonds. The van der Waals surface area contributed by atoms with E-state index in [9.17, 15) is 4.79 Å². The highest BCUT2D eigenvalue weighted by Gasteiger charge is 2.13. The second-order valence-electron chi connectivity index (χ2n) is 4.14. The van der Waals surface area contributed by atoms with E-state index in [0.717, 1.165) is 4.47 Å². The van der Waals surface area contributed by atoms with E-state index in [1.807, 2.05) is 0 Å². The van der Waals surface area contributed by atoms with Crippen molar-refractivity contribution in [1.29, 1.82) is 0 Å². The van der Waals surface area contributed by atoms with Gasteiger partial charge in [0.15, 0.2) is 5.78 Å². The fraction of sp³-hybridized carbons (Fsp3) is 0.133. The van der Waals surface area contributed by atoms with E-state index in [-0.39, 0.29) is 5.78 Å². The quantitative estimate of drug-likeness (QED) is 0.688. The number of anilines is 1. The summed E-state index contributed by atoms with van der Waals surface area (Å²) in [6.45, 7) is 0. The molecule has 0 aliphatic rings. The average molecular weight is 336 g/mol. The van der Waals surface area contributed by atoms with Gasteiger partial charge in [0, 0.05) is 11.1 Å². The molecule has 0 fully saturated rings. The molecule has 0 saturated heterocycles. The number of nitrogens with two attached hydrogens (primary N) is 1. The van der Waals surface area contributed by atoms with Crippen molar-refractivity contribution in [2.45, 2.75) is 0 Å². The maximum atomic E-state index is 12.4. The van der Waals surface area contributed by atoms with Gasteiger partial charge in [-0.1, -0.05) is 0 Å². The fourth-order valence-corrected chi connectivity index (χ4v) is 2.37. The minimum atomic E-state index is -0.105. The summed E-state index contributed by atoms with van der Waals surface area (Å²) in [7, 11) is 3.09. The smallest absolute Gasteiger partial charge is 0.193 e. The molecule has 0 aliphatic heterocycles. The molecule has 0 atom stereocenters. The van der Waals surface area contributed by atoms with Gasteiger partial charge in [0.25, 0.3) is 0 Å². The van der Waals surface area contributed by atoms with Crippen molar-refractivity contribution in [3.8, 4) is 11.5 Å². The van der Waals surface area contributed by atoms with Crippen LogP contribution in [-0.2, 0) is 0 Å². The van der Waals surface area contributed by atoms with E-state index in [1.54, 1.807) is 43.5 Å². The summed E-state index contributed by atoms with van der Waals surface area (Å²) >= 11 is 3.37. The van der Waals surface area contributed by atoms with Crippen LogP contribution in [0.1, 0.15) is 15.9 Å². The minimum Gasteiger partial charge on any atom is -0.496 e. The van der Waals surface area contributed by atoms with Gasteiger partial charge in [-0.25, -0.2) is 0 Å². The van der Waals surface area contributed by atoms with Gasteiger partial charge in [-0.3, -0.25) is 4.79 Å². The van der Waals surface area contributed by atoms with Crippen molar-refractivity contribution < 1.29 is 14.3 Å². The number of ketones is 1. The Hall–Kier alpha value is -2.01. The lowest BCUT2D eigenvalue weighted by Crippen LogP contribution is -2.03. The third-order valence-electron chi connectivity index (χ3n) is 2.91. The van der Waals surface area contributed by atoms with Gasteiger partial charge < -0.3 is 15.2 Å². The van der Waals surface area contributed by atoms with E-state index in [4.69, 9.17) is 15.2 Å². The van der Waals surface area contributed by atoms with Crippen LogP contribution in [0, 0.1) is 0 Å². The van der Waals surface area contributed by atoms with Crippen molar-refractivity contribution in [1.82, 2.24) is 0 Å². The highest BCUT2D eigenvalue weighted by molar-refractivity contribution is 9.10. The summed E-state index contributed by atoms with van der Waals surface area (Å²) in [6, 6.07) is 10.2. The van der Waals surface area contributed by atoms with Gasteiger partial charge in [-0.2, -0.15) is 0 Å². The lowest BCUT2D eigenvalue weighted by molar-refractivity contribution is 0.103. The number of carbonyl (C=O) groups is 1. The second kappa shape index (κ2) is 5.96. The highest BCUT2D eigenvalue weighted by atomic mass is 79.9. The fourth-order valence-electron chi connectivity index (χ4n) is 1.83. The molecule has 104 valence electrons. The zero-order valence-electron chi connectivity index (χ0n) is 11.1. The Morgan fingerprint density at radius 1 is 1.00 bits per heavy atom. The average Bonchev–Trinajstić information content (AvgIpc) is 2.47. The van der Waals surface area contributed by atoms with Crippen molar-refractivity contribution >= 4 is 27.4 Å². The van der Waals surface area contributed by atoms with Crippen molar-refractivity contribution in [3.05, 3.63) is 52.0 Å². The number of rotatable bonds is 4. The van der Waals surface area contributed by atoms with Gasteiger partial charge in [-0.05, 0) is 52.3 Å². The van der Waals surface area contributed by atoms with Crippen molar-refractivity contribution in [2.24, 2.45) is 0 Å². The molecule has 2 aromatic carbocycles. The Labute approximate surface area is 125 Å². The van der Waals surface area contributed by atoms with Crippen LogP contribution in [-0.4, -0.2) is 20.0 Å². The molecule has 20 heavy (non-hydrogen) atoms. The predicted molar refractivity (Wildman–Crippen MR) is 81.5 cm³/mol. The van der Waals surface area contributed by atoms with Crippen LogP contribution in [0.3, 0.4) is 0 Å². The van der Waals surface area contributed by atoms with Gasteiger partial charge in [0.2, 0.25) is 0 Å². The van der Waals surface area contributed by atoms with Gasteiger partial charge in [0.05, 0.1) is 24.4 Å². The Balaban J connectivity index is 2.38. The minimum absolute atomic E-state index is 0.105. The van der Waals surface area contributed by atoms with E-state index >= 15 is 0 Å². The highest BCUT2D eigenvalue weighted by Crippen LogP contribution is 2.28. The molecular formula is C15H14BrNO3. The molecule has 0 saturated carbocycles. The Morgan fingerprint density at radius 2 is 1.60 bits per heavy atom. The van der Waals surface area contributed by atoms with Crippen LogP contribution in [0.5, 0.6) is 11.5 Å². The number of carbonyl (C=O) groups excluding carboxylic acids is 1. The number of methoxy groups -OCH3 is 2. The summed E-state index contributed by atoms with van der Waals surface area (Å²) in [4.78, 5) is 12.4. The van der Waals surface area contributed by atoms with Crippen LogP contribution in [0.2, 0.25) is 0 Å². The summed E-state index contributed by atoms with van der Waals surface area (Å²) in [5.41, 5.74) is 7.32. The summed E-state index contributed by atoms with van der Waals surface area (Å²) < 4.78 is 11.0. The molecule has 4 nitrogen and oxygen atoms in total. The molecular weight excluding hydrogens is 322 g/mol. The molecule has 0 bridgehead atoms. The SMILES string of the molecule is COc1cc(C(=O)c2ccc(OC)c(Br)c2)ccc1N. The van der Waals surface area contributed by atoms with Crippen LogP contribution in [0.15, 0.2) is 40.9 Å². The van der Waals surface area contributed by atoms with Crippen molar-refractivity contribution in [2.75, 3.05) is 20.0 Å². The van der Waals surface area contributed by atoms with Gasteiger partial charge >= 0.3 is 0 Å². The van der Waals surface area contributed by atoms with Crippen LogP contribution >= 0.6 is 15.9 Å². The predicted octanol–water partition coefficient (Wildman–Crippen LogP) is 3.28. The molecule has 2 N–H and O–H groups in total. The topological polar surface area (TPSA) is 61.5 Å². The summed E-state index contributed by atoms with van der Waals surface area (Å²) in [5.74, 6) is 1.06. The lowest BCUT2D eigenvalue weighted by atomic mass is 10.0. The first-order chi connectivity index (χ1) is 9.56. The normalized spacial score (nSPS) is 10.2. The van der Waals surface area contributed by atoms with E-state index < -0.39 is 0 Å². The first kappa shape index (κ1) is 14.4. The first-order valence-electron chi connectivity index (χ1n) is 5.88. The molecule has 0 heterocycles. The number of nitrogen functional groups attached to an aromatic ring is 1. The van der Waals surface area contributed by atoms with E-state index in [2.05, 4.69) is 15.9 Å². The largest absolute Gasteiger partial charge is 0.496 e. The number of hydrogen-bond acceptors (Lipinski definition) is 4. The Morgan fingerprint density at radius 3 is 2.20 bits per heavy atom.